The van der Waals surface area contributed by atoms with Crippen LogP contribution in [0, 0.1) is 11.6 Å². The van der Waals surface area contributed by atoms with Gasteiger partial charge >= 0.3 is 0 Å². The molecule has 0 amide bonds. The summed E-state index contributed by atoms with van der Waals surface area (Å²) in [6.45, 7) is 0.431. The molecule has 2 aromatic heterocycles. The Bertz CT molecular complexity index is 1370. The Hall–Kier alpha value is -3.50. The molecule has 2 aromatic carbocycles. The first-order valence-corrected chi connectivity index (χ1v) is 11.0. The van der Waals surface area contributed by atoms with Crippen molar-refractivity contribution >= 4 is 32.3 Å². The maximum atomic E-state index is 14.4. The molecule has 0 radical (unpaired) electrons. The molecule has 2 heterocycles. The van der Waals surface area contributed by atoms with Crippen LogP contribution < -0.4 is 15.4 Å². The predicted molar refractivity (Wildman–Crippen MR) is 118 cm³/mol. The van der Waals surface area contributed by atoms with Crippen LogP contribution in [-0.4, -0.2) is 31.5 Å². The third-order valence-corrected chi connectivity index (χ3v) is 6.59. The molecule has 0 spiro atoms. The summed E-state index contributed by atoms with van der Waals surface area (Å²) in [5.41, 5.74) is 1.06. The van der Waals surface area contributed by atoms with Gasteiger partial charge in [0.05, 0.1) is 12.6 Å². The molecule has 0 saturated heterocycles. The summed E-state index contributed by atoms with van der Waals surface area (Å²) in [7, 11) is -0.876. The predicted octanol–water partition coefficient (Wildman–Crippen LogP) is 4.02. The molecule has 0 unspecified atom stereocenters. The minimum absolute atomic E-state index is 0.0264. The molecule has 10 heteroatoms. The fraction of sp³-hybridized carbons (Fsp3) is 0.136. The van der Waals surface area contributed by atoms with Crippen LogP contribution in [0.5, 0.6) is 5.75 Å². The van der Waals surface area contributed by atoms with E-state index in [4.69, 9.17) is 4.74 Å². The second kappa shape index (κ2) is 8.56. The number of benzene rings is 2. The van der Waals surface area contributed by atoms with Gasteiger partial charge in [0.2, 0.25) is 0 Å². The number of anilines is 2. The topological polar surface area (TPSA) is 85.2 Å². The maximum Gasteiger partial charge on any atom is 0.269 e. The highest BCUT2D eigenvalue weighted by Crippen LogP contribution is 2.32. The molecule has 166 valence electrons. The molecule has 4 rings (SSSR count). The Labute approximate surface area is 183 Å². The number of ether oxygens (including phenoxy) is 1. The zero-order chi connectivity index (χ0) is 22.9. The molecule has 0 aliphatic rings. The molecule has 2 N–H and O–H groups in total. The summed E-state index contributed by atoms with van der Waals surface area (Å²) in [5.74, 6) is -1.62. The Morgan fingerprint density at radius 2 is 1.88 bits per heavy atom. The third-order valence-electron chi connectivity index (χ3n) is 4.93. The summed E-state index contributed by atoms with van der Waals surface area (Å²) >= 11 is 0. The zero-order valence-corrected chi connectivity index (χ0v) is 18.1. The lowest BCUT2D eigenvalue weighted by Gasteiger charge is -2.12. The van der Waals surface area contributed by atoms with Gasteiger partial charge < -0.3 is 15.4 Å². The number of hydrogen-bond acceptors (Lipinski definition) is 6. The molecular weight excluding hydrogens is 438 g/mol. The molecule has 0 bridgehead atoms. The highest BCUT2D eigenvalue weighted by atomic mass is 32.2. The van der Waals surface area contributed by atoms with Crippen molar-refractivity contribution in [1.82, 2.24) is 14.3 Å². The van der Waals surface area contributed by atoms with Crippen LogP contribution in [0.25, 0.3) is 10.9 Å². The number of hydrogen-bond donors (Lipinski definition) is 2. The normalized spacial score (nSPS) is 11.6. The fourth-order valence-corrected chi connectivity index (χ4v) is 4.77. The van der Waals surface area contributed by atoms with Crippen molar-refractivity contribution in [3.8, 4) is 5.75 Å². The molecule has 0 atom stereocenters. The van der Waals surface area contributed by atoms with E-state index in [0.29, 0.717) is 23.1 Å². The number of aromatic nitrogens is 2. The van der Waals surface area contributed by atoms with Crippen molar-refractivity contribution in [2.24, 2.45) is 0 Å². The largest absolute Gasteiger partial charge is 0.497 e. The van der Waals surface area contributed by atoms with Crippen molar-refractivity contribution in [2.75, 3.05) is 19.5 Å². The number of rotatable bonds is 7. The third kappa shape index (κ3) is 3.90. The Morgan fingerprint density at radius 3 is 2.50 bits per heavy atom. The number of nitrogens with one attached hydrogen (secondary N) is 2. The summed E-state index contributed by atoms with van der Waals surface area (Å²) in [6, 6.07) is 9.98. The van der Waals surface area contributed by atoms with Crippen LogP contribution in [0.2, 0.25) is 0 Å². The standard InChI is InChI=1S/C22H20F2N4O3S/c1-25-11-14-13-28(32(29,30)17-4-3-7-26-12-17)21-8-15(5-6-18(14)21)27-22-19(23)9-16(31-2)10-20(22)24/h3-10,12-13,25,27H,11H2,1-2H3. The lowest BCUT2D eigenvalue weighted by molar-refractivity contribution is 0.407. The zero-order valence-electron chi connectivity index (χ0n) is 17.3. The van der Waals surface area contributed by atoms with Crippen LogP contribution in [-0.2, 0) is 16.6 Å². The van der Waals surface area contributed by atoms with Crippen molar-refractivity contribution in [2.45, 2.75) is 11.4 Å². The summed E-state index contributed by atoms with van der Waals surface area (Å²) < 4.78 is 61.3. The van der Waals surface area contributed by atoms with E-state index in [-0.39, 0.29) is 16.3 Å². The van der Waals surface area contributed by atoms with Gasteiger partial charge in [-0.1, -0.05) is 6.07 Å². The van der Waals surface area contributed by atoms with Gasteiger partial charge in [0.25, 0.3) is 10.0 Å². The average Bonchev–Trinajstić information content (AvgIpc) is 3.15. The van der Waals surface area contributed by atoms with Crippen molar-refractivity contribution < 1.29 is 21.9 Å². The van der Waals surface area contributed by atoms with Crippen LogP contribution in [0.1, 0.15) is 5.56 Å². The van der Waals surface area contributed by atoms with E-state index in [0.717, 1.165) is 21.7 Å². The quantitative estimate of drug-likeness (QED) is 0.435. The van der Waals surface area contributed by atoms with Gasteiger partial charge in [0.15, 0.2) is 11.6 Å². The van der Waals surface area contributed by atoms with E-state index in [9.17, 15) is 17.2 Å². The van der Waals surface area contributed by atoms with Gasteiger partial charge in [-0.3, -0.25) is 4.98 Å². The number of halogens is 2. The molecule has 0 aliphatic heterocycles. The highest BCUT2D eigenvalue weighted by Gasteiger charge is 2.22. The van der Waals surface area contributed by atoms with Gasteiger partial charge in [0.1, 0.15) is 16.3 Å². The maximum absolute atomic E-state index is 14.4. The van der Waals surface area contributed by atoms with Crippen LogP contribution >= 0.6 is 0 Å². The van der Waals surface area contributed by atoms with Crippen LogP contribution in [0.15, 0.2) is 66.0 Å². The monoisotopic (exact) mass is 458 g/mol. The van der Waals surface area contributed by atoms with Crippen LogP contribution in [0.3, 0.4) is 0 Å². The molecule has 0 aliphatic carbocycles. The number of nitrogens with zero attached hydrogens (tertiary/aromatic N) is 2. The minimum Gasteiger partial charge on any atom is -0.497 e. The molecule has 7 nitrogen and oxygen atoms in total. The first kappa shape index (κ1) is 21.7. The second-order valence-corrected chi connectivity index (χ2v) is 8.81. The summed E-state index contributed by atoms with van der Waals surface area (Å²) in [4.78, 5) is 3.92. The van der Waals surface area contributed by atoms with Crippen LogP contribution in [0.4, 0.5) is 20.2 Å². The molecule has 32 heavy (non-hydrogen) atoms. The van der Waals surface area contributed by atoms with Gasteiger partial charge in [-0.2, -0.15) is 0 Å². The van der Waals surface area contributed by atoms with E-state index in [2.05, 4.69) is 15.6 Å². The number of pyridine rings is 1. The van der Waals surface area contributed by atoms with E-state index in [1.165, 1.54) is 43.9 Å². The van der Waals surface area contributed by atoms with Gasteiger partial charge in [0, 0.05) is 48.3 Å². The van der Waals surface area contributed by atoms with Crippen molar-refractivity contribution in [1.29, 1.82) is 0 Å². The molecule has 4 aromatic rings. The first-order chi connectivity index (χ1) is 15.3. The van der Waals surface area contributed by atoms with Gasteiger partial charge in [-0.25, -0.2) is 21.2 Å². The van der Waals surface area contributed by atoms with E-state index in [1.807, 2.05) is 0 Å². The Balaban J connectivity index is 1.84. The van der Waals surface area contributed by atoms with Gasteiger partial charge in [-0.05, 0) is 36.9 Å². The average molecular weight is 458 g/mol. The number of methoxy groups -OCH3 is 1. The molecule has 0 fully saturated rings. The SMILES string of the molecule is CNCc1cn(S(=O)(=O)c2cccnc2)c2cc(Nc3c(F)cc(OC)cc3F)ccc12. The van der Waals surface area contributed by atoms with E-state index < -0.39 is 21.7 Å². The minimum atomic E-state index is -3.94. The van der Waals surface area contributed by atoms with E-state index >= 15 is 0 Å². The Kier molecular flexibility index (Phi) is 5.81. The fourth-order valence-electron chi connectivity index (χ4n) is 3.42. The smallest absolute Gasteiger partial charge is 0.269 e. The van der Waals surface area contributed by atoms with E-state index in [1.54, 1.807) is 19.2 Å². The summed E-state index contributed by atoms with van der Waals surface area (Å²) in [5, 5.41) is 6.40. The molecule has 0 saturated carbocycles. The second-order valence-electron chi connectivity index (χ2n) is 7.00. The number of fused-ring (bicyclic) bond motifs is 1. The highest BCUT2D eigenvalue weighted by molar-refractivity contribution is 7.90. The molecular formula is C22H20F2N4O3S. The Morgan fingerprint density at radius 1 is 1.12 bits per heavy atom. The lowest BCUT2D eigenvalue weighted by Crippen LogP contribution is -2.12. The van der Waals surface area contributed by atoms with Crippen molar-refractivity contribution in [3.05, 3.63) is 78.3 Å². The van der Waals surface area contributed by atoms with Crippen molar-refractivity contribution in [3.63, 3.8) is 0 Å². The summed E-state index contributed by atoms with van der Waals surface area (Å²) in [6.07, 6.45) is 4.28. The lowest BCUT2D eigenvalue weighted by atomic mass is 10.1. The van der Waals surface area contributed by atoms with Gasteiger partial charge in [-0.15, -0.1) is 0 Å². The first-order valence-electron chi connectivity index (χ1n) is 9.59.